The van der Waals surface area contributed by atoms with Gasteiger partial charge in [-0.1, -0.05) is 24.3 Å². The van der Waals surface area contributed by atoms with Crippen LogP contribution in [0.1, 0.15) is 31.1 Å². The first-order valence-corrected chi connectivity index (χ1v) is 14.9. The van der Waals surface area contributed by atoms with E-state index in [0.29, 0.717) is 16.2 Å². The van der Waals surface area contributed by atoms with Crippen LogP contribution in [0.2, 0.25) is 0 Å². The van der Waals surface area contributed by atoms with Crippen LogP contribution in [0.3, 0.4) is 0 Å². The molecule has 3 N–H and O–H groups in total. The Bertz CT molecular complexity index is 2310. The largest absolute Gasteiger partial charge is 0.504 e. The Morgan fingerprint density at radius 1 is 0.440 bits per heavy atom. The Balaban J connectivity index is 1.51. The van der Waals surface area contributed by atoms with Crippen molar-refractivity contribution in [2.75, 3.05) is 21.3 Å². The monoisotopic (exact) mass is 676 g/mol. The number of esters is 3. The fraction of sp³-hybridized carbons (Fsp3) is 0.0789. The van der Waals surface area contributed by atoms with Gasteiger partial charge in [-0.2, -0.15) is 0 Å². The Morgan fingerprint density at radius 3 is 1.40 bits per heavy atom. The molecule has 0 fully saturated rings. The van der Waals surface area contributed by atoms with E-state index in [1.54, 1.807) is 36.4 Å². The molecule has 12 heteroatoms. The molecule has 0 saturated carbocycles. The quantitative estimate of drug-likeness (QED) is 0.0834. The van der Waals surface area contributed by atoms with Crippen LogP contribution in [0.15, 0.2) is 97.1 Å². The Kier molecular flexibility index (Phi) is 9.00. The summed E-state index contributed by atoms with van der Waals surface area (Å²) in [6.45, 7) is 0. The van der Waals surface area contributed by atoms with Crippen molar-refractivity contribution >= 4 is 39.5 Å². The van der Waals surface area contributed by atoms with Crippen molar-refractivity contribution < 1.29 is 58.1 Å². The van der Waals surface area contributed by atoms with Crippen molar-refractivity contribution in [3.8, 4) is 51.7 Å². The van der Waals surface area contributed by atoms with E-state index in [4.69, 9.17) is 28.4 Å². The molecule has 0 atom stereocenters. The minimum absolute atomic E-state index is 0.00548. The number of phenolic OH excluding ortho intramolecular Hbond substituents is 3. The SMILES string of the molecule is COc1cc(C(=O)Oc2ccc3c(OC(=O)c4ccc(O)c(OC)c4)c4ccccc4cc3c2OC(=O)c2ccc(O)c(OC)c2)ccc1O. The van der Waals surface area contributed by atoms with Gasteiger partial charge < -0.3 is 43.7 Å². The molecule has 0 aliphatic rings. The number of aromatic hydroxyl groups is 3. The number of rotatable bonds is 9. The van der Waals surface area contributed by atoms with Crippen molar-refractivity contribution in [1.82, 2.24) is 0 Å². The van der Waals surface area contributed by atoms with E-state index in [0.717, 1.165) is 0 Å². The van der Waals surface area contributed by atoms with Gasteiger partial charge in [-0.25, -0.2) is 14.4 Å². The molecule has 0 saturated heterocycles. The van der Waals surface area contributed by atoms with E-state index in [1.807, 2.05) is 0 Å². The highest BCUT2D eigenvalue weighted by Gasteiger charge is 2.24. The third-order valence-electron chi connectivity index (χ3n) is 7.75. The van der Waals surface area contributed by atoms with E-state index in [9.17, 15) is 29.7 Å². The molecule has 0 aliphatic heterocycles. The molecule has 0 radical (unpaired) electrons. The van der Waals surface area contributed by atoms with Gasteiger partial charge in [0, 0.05) is 16.2 Å². The fourth-order valence-electron chi connectivity index (χ4n) is 5.22. The molecule has 0 unspecified atom stereocenters. The highest BCUT2D eigenvalue weighted by Crippen LogP contribution is 2.44. The maximum atomic E-state index is 13.6. The second-order valence-electron chi connectivity index (χ2n) is 10.7. The molecule has 0 amide bonds. The summed E-state index contributed by atoms with van der Waals surface area (Å²) in [5.41, 5.74) is 0.118. The molecular formula is C38H28O12. The van der Waals surface area contributed by atoms with Crippen molar-refractivity contribution in [3.05, 3.63) is 114 Å². The molecule has 252 valence electrons. The molecule has 6 rings (SSSR count). The number of carbonyl (C=O) groups excluding carboxylic acids is 3. The van der Waals surface area contributed by atoms with Crippen LogP contribution < -0.4 is 28.4 Å². The van der Waals surface area contributed by atoms with Crippen LogP contribution in [0, 0.1) is 0 Å². The highest BCUT2D eigenvalue weighted by atomic mass is 16.6. The Labute approximate surface area is 284 Å². The fourth-order valence-corrected chi connectivity index (χ4v) is 5.22. The van der Waals surface area contributed by atoms with E-state index < -0.39 is 17.9 Å². The van der Waals surface area contributed by atoms with Gasteiger partial charge in [-0.3, -0.25) is 0 Å². The van der Waals surface area contributed by atoms with Crippen molar-refractivity contribution in [1.29, 1.82) is 0 Å². The number of hydrogen-bond acceptors (Lipinski definition) is 12. The zero-order chi connectivity index (χ0) is 35.5. The lowest BCUT2D eigenvalue weighted by molar-refractivity contribution is 0.0684. The summed E-state index contributed by atoms with van der Waals surface area (Å²) >= 11 is 0. The van der Waals surface area contributed by atoms with Crippen LogP contribution in [0.5, 0.6) is 51.7 Å². The highest BCUT2D eigenvalue weighted by molar-refractivity contribution is 6.11. The summed E-state index contributed by atoms with van der Waals surface area (Å²) in [4.78, 5) is 40.5. The first-order valence-electron chi connectivity index (χ1n) is 14.9. The smallest absolute Gasteiger partial charge is 0.343 e. The third-order valence-corrected chi connectivity index (χ3v) is 7.75. The predicted octanol–water partition coefficient (Wildman–Crippen LogP) is 6.79. The molecule has 0 aromatic heterocycles. The number of ether oxygens (including phenoxy) is 6. The van der Waals surface area contributed by atoms with Gasteiger partial charge >= 0.3 is 17.9 Å². The molecule has 6 aromatic carbocycles. The molecule has 0 aliphatic carbocycles. The van der Waals surface area contributed by atoms with E-state index >= 15 is 0 Å². The summed E-state index contributed by atoms with van der Waals surface area (Å²) in [5.74, 6) is -3.17. The summed E-state index contributed by atoms with van der Waals surface area (Å²) in [6, 6.07) is 23.4. The van der Waals surface area contributed by atoms with Crippen LogP contribution in [0.4, 0.5) is 0 Å². The second-order valence-corrected chi connectivity index (χ2v) is 10.7. The zero-order valence-electron chi connectivity index (χ0n) is 26.8. The average molecular weight is 677 g/mol. The van der Waals surface area contributed by atoms with E-state index in [1.165, 1.54) is 82.0 Å². The van der Waals surface area contributed by atoms with Crippen LogP contribution >= 0.6 is 0 Å². The summed E-state index contributed by atoms with van der Waals surface area (Å²) in [5, 5.41) is 31.8. The van der Waals surface area contributed by atoms with Crippen LogP contribution in [-0.4, -0.2) is 54.6 Å². The van der Waals surface area contributed by atoms with Gasteiger partial charge in [-0.05, 0) is 78.2 Å². The van der Waals surface area contributed by atoms with Gasteiger partial charge in [-0.15, -0.1) is 0 Å². The topological polar surface area (TPSA) is 167 Å². The number of fused-ring (bicyclic) bond motifs is 2. The summed E-state index contributed by atoms with van der Waals surface area (Å²) < 4.78 is 33.1. The minimum atomic E-state index is -0.887. The van der Waals surface area contributed by atoms with E-state index in [2.05, 4.69) is 0 Å². The minimum Gasteiger partial charge on any atom is -0.504 e. The van der Waals surface area contributed by atoms with Crippen LogP contribution in [0.25, 0.3) is 21.5 Å². The molecule has 0 bridgehead atoms. The van der Waals surface area contributed by atoms with E-state index in [-0.39, 0.29) is 73.8 Å². The molecule has 0 spiro atoms. The molecule has 12 nitrogen and oxygen atoms in total. The lowest BCUT2D eigenvalue weighted by Gasteiger charge is -2.17. The molecule has 6 aromatic rings. The summed E-state index contributed by atoms with van der Waals surface area (Å²) in [6.07, 6.45) is 0. The maximum absolute atomic E-state index is 13.6. The number of benzene rings is 6. The Morgan fingerprint density at radius 2 is 0.900 bits per heavy atom. The van der Waals surface area contributed by atoms with Gasteiger partial charge in [0.15, 0.2) is 46.0 Å². The van der Waals surface area contributed by atoms with Crippen molar-refractivity contribution in [3.63, 3.8) is 0 Å². The summed E-state index contributed by atoms with van der Waals surface area (Å²) in [7, 11) is 4.01. The predicted molar refractivity (Wildman–Crippen MR) is 180 cm³/mol. The second kappa shape index (κ2) is 13.6. The lowest BCUT2D eigenvalue weighted by atomic mass is 10.0. The molecule has 50 heavy (non-hydrogen) atoms. The van der Waals surface area contributed by atoms with Gasteiger partial charge in [0.1, 0.15) is 5.75 Å². The Hall–Kier alpha value is -6.95. The number of methoxy groups -OCH3 is 3. The zero-order valence-corrected chi connectivity index (χ0v) is 26.8. The lowest BCUT2D eigenvalue weighted by Crippen LogP contribution is -2.13. The normalized spacial score (nSPS) is 10.8. The number of carbonyl (C=O) groups is 3. The standard InChI is InChI=1S/C38H28O12/c1-45-31-17-21(8-12-27(31)39)36(42)48-30-15-11-25-26(35(30)50-38(44)23-10-14-29(41)33(19-23)47-3)16-20-6-4-5-7-24(20)34(25)49-37(43)22-9-13-28(40)32(18-22)46-2/h4-19,39-41H,1-3H3. The van der Waals surface area contributed by atoms with Crippen molar-refractivity contribution in [2.45, 2.75) is 0 Å². The molecular weight excluding hydrogens is 648 g/mol. The number of hydrogen-bond donors (Lipinski definition) is 3. The van der Waals surface area contributed by atoms with Gasteiger partial charge in [0.05, 0.1) is 38.0 Å². The number of phenols is 3. The maximum Gasteiger partial charge on any atom is 0.343 e. The van der Waals surface area contributed by atoms with Gasteiger partial charge in [0.25, 0.3) is 0 Å². The van der Waals surface area contributed by atoms with Crippen molar-refractivity contribution in [2.24, 2.45) is 0 Å². The average Bonchev–Trinajstić information content (AvgIpc) is 3.12. The first-order chi connectivity index (χ1) is 24.1. The van der Waals surface area contributed by atoms with Gasteiger partial charge in [0.2, 0.25) is 0 Å². The molecule has 0 heterocycles. The first kappa shape index (κ1) is 33.0. The van der Waals surface area contributed by atoms with Crippen LogP contribution in [-0.2, 0) is 0 Å². The third kappa shape index (κ3) is 6.32.